The molecule has 0 radical (unpaired) electrons. The average Bonchev–Trinajstić information content (AvgIpc) is 3.09. The SMILES string of the molecule is CC(=O)NS(=O)(=O)c1ccc(N=NS/C([S-])=C2\C(=N)N(c3ccccc3)N=C2C)cc1.[Cl][Hg+]. The van der Waals surface area contributed by atoms with E-state index in [0.717, 1.165) is 24.6 Å². The molecule has 33 heavy (non-hydrogen) atoms. The molecule has 14 heteroatoms. The van der Waals surface area contributed by atoms with Crippen LogP contribution < -0.4 is 9.73 Å². The number of benzene rings is 2. The van der Waals surface area contributed by atoms with Gasteiger partial charge in [-0.2, -0.15) is 5.10 Å². The number of hydrazone groups is 1. The topological polar surface area (TPSA) is 127 Å². The molecule has 168 valence electrons. The zero-order valence-corrected chi connectivity index (χ0v) is 26.2. The summed E-state index contributed by atoms with van der Waals surface area (Å²) in [6.07, 6.45) is 0. The number of anilines is 1. The molecule has 1 heterocycles. The number of nitrogens with one attached hydrogen (secondary N) is 2. The van der Waals surface area contributed by atoms with Crippen LogP contribution in [0.15, 0.2) is 84.0 Å². The Balaban J connectivity index is 0.00000187. The molecule has 2 N–H and O–H groups in total. The number of amidine groups is 1. The summed E-state index contributed by atoms with van der Waals surface area (Å²) in [4.78, 5) is 10.9. The summed E-state index contributed by atoms with van der Waals surface area (Å²) in [6.45, 7) is 2.89. The molecule has 0 bridgehead atoms. The van der Waals surface area contributed by atoms with E-state index in [0.29, 0.717) is 46.1 Å². The number of nitrogens with zero attached hydrogens (tertiary/aromatic N) is 4. The number of carbonyl (C=O) groups excluding carboxylic acids is 1. The number of para-hydroxylation sites is 1. The summed E-state index contributed by atoms with van der Waals surface area (Å²) in [5.41, 5.74) is 2.26. The van der Waals surface area contributed by atoms with Gasteiger partial charge in [0, 0.05) is 24.4 Å². The number of hydrogen-bond acceptors (Lipinski definition) is 9. The molecule has 0 aromatic heterocycles. The van der Waals surface area contributed by atoms with Crippen LogP contribution in [0.1, 0.15) is 13.8 Å². The van der Waals surface area contributed by atoms with Gasteiger partial charge in [-0.1, -0.05) is 18.2 Å². The molecule has 1 amide bonds. The van der Waals surface area contributed by atoms with Gasteiger partial charge in [0.05, 0.1) is 22.0 Å². The molecule has 3 rings (SSSR count). The molecule has 0 spiro atoms. The van der Waals surface area contributed by atoms with Crippen LogP contribution in [0.2, 0.25) is 0 Å². The Bertz CT molecular complexity index is 1220. The molecule has 0 saturated carbocycles. The van der Waals surface area contributed by atoms with Gasteiger partial charge in [0.25, 0.3) is 10.0 Å². The van der Waals surface area contributed by atoms with Crippen molar-refractivity contribution in [2.24, 2.45) is 14.7 Å². The first-order valence-corrected chi connectivity index (χ1v) is 18.5. The molecular weight excluding hydrogens is 692 g/mol. The van der Waals surface area contributed by atoms with Crippen molar-refractivity contribution in [2.75, 3.05) is 5.01 Å². The summed E-state index contributed by atoms with van der Waals surface area (Å²) >= 11 is 6.82. The van der Waals surface area contributed by atoms with Gasteiger partial charge in [0.1, 0.15) is 0 Å². The predicted molar refractivity (Wildman–Crippen MR) is 130 cm³/mol. The number of rotatable bonds is 6. The zero-order valence-electron chi connectivity index (χ0n) is 17.5. The summed E-state index contributed by atoms with van der Waals surface area (Å²) in [5.74, 6) is -0.516. The molecular formula is C19H17ClHgN6O3S3. The normalized spacial score (nSPS) is 15.1. The van der Waals surface area contributed by atoms with E-state index in [-0.39, 0.29) is 10.7 Å². The zero-order chi connectivity index (χ0) is 24.6. The van der Waals surface area contributed by atoms with E-state index in [1.54, 1.807) is 6.92 Å². The summed E-state index contributed by atoms with van der Waals surface area (Å²) < 4.78 is 30.1. The number of hydrogen-bond donors (Lipinski definition) is 2. The number of carbonyl (C=O) groups is 1. The van der Waals surface area contributed by atoms with Crippen molar-refractivity contribution in [2.45, 2.75) is 18.7 Å². The molecule has 1 aliphatic rings. The quantitative estimate of drug-likeness (QED) is 0.196. The van der Waals surface area contributed by atoms with E-state index in [4.69, 9.17) is 26.3 Å². The Labute approximate surface area is 221 Å². The van der Waals surface area contributed by atoms with Crippen molar-refractivity contribution in [1.82, 2.24) is 4.72 Å². The van der Waals surface area contributed by atoms with E-state index in [2.05, 4.69) is 14.7 Å². The first kappa shape index (κ1) is 27.4. The molecule has 2 aromatic rings. The molecule has 9 nitrogen and oxygen atoms in total. The molecule has 1 aliphatic heterocycles. The van der Waals surface area contributed by atoms with Crippen molar-refractivity contribution in [3.8, 4) is 0 Å². The monoisotopic (exact) mass is 710 g/mol. The fourth-order valence-corrected chi connectivity index (χ4v) is 4.50. The van der Waals surface area contributed by atoms with E-state index in [1.807, 2.05) is 35.1 Å². The maximum absolute atomic E-state index is 11.9. The van der Waals surface area contributed by atoms with Gasteiger partial charge >= 0.3 is 33.1 Å². The van der Waals surface area contributed by atoms with Crippen LogP contribution in [0.25, 0.3) is 0 Å². The number of halogens is 1. The number of sulfonamides is 1. The second-order valence-corrected chi connectivity index (χ2v) is 9.38. The molecule has 0 aliphatic carbocycles. The van der Waals surface area contributed by atoms with Gasteiger partial charge in [-0.15, -0.1) is 13.9 Å². The van der Waals surface area contributed by atoms with Crippen molar-refractivity contribution < 1.29 is 38.1 Å². The van der Waals surface area contributed by atoms with Crippen molar-refractivity contribution >= 4 is 71.7 Å². The van der Waals surface area contributed by atoms with E-state index < -0.39 is 15.9 Å². The molecule has 0 saturated heterocycles. The van der Waals surface area contributed by atoms with E-state index in [1.165, 1.54) is 29.3 Å². The van der Waals surface area contributed by atoms with Gasteiger partial charge in [0.2, 0.25) is 5.91 Å². The number of amides is 1. The van der Waals surface area contributed by atoms with Crippen LogP contribution in [0.5, 0.6) is 0 Å². The summed E-state index contributed by atoms with van der Waals surface area (Å²) in [6, 6.07) is 14.8. The summed E-state index contributed by atoms with van der Waals surface area (Å²) in [5, 5.41) is 18.3. The van der Waals surface area contributed by atoms with Crippen molar-refractivity contribution in [3.63, 3.8) is 0 Å². The Hall–Kier alpha value is -1.86. The summed E-state index contributed by atoms with van der Waals surface area (Å²) in [7, 11) is 0.929. The fourth-order valence-electron chi connectivity index (χ4n) is 2.62. The van der Waals surface area contributed by atoms with Crippen LogP contribution in [0, 0.1) is 5.41 Å². The van der Waals surface area contributed by atoms with Crippen LogP contribution in [0.4, 0.5) is 11.4 Å². The minimum atomic E-state index is -3.90. The maximum atomic E-state index is 11.9. The van der Waals surface area contributed by atoms with Crippen molar-refractivity contribution in [1.29, 1.82) is 5.41 Å². The molecule has 0 fully saturated rings. The average molecular weight is 710 g/mol. The van der Waals surface area contributed by atoms with Gasteiger partial charge in [0.15, 0.2) is 5.84 Å². The van der Waals surface area contributed by atoms with Gasteiger partial charge in [-0.05, 0) is 43.3 Å². The van der Waals surface area contributed by atoms with Crippen LogP contribution in [-0.2, 0) is 52.3 Å². The molecule has 0 unspecified atom stereocenters. The van der Waals surface area contributed by atoms with Crippen LogP contribution >= 0.6 is 20.2 Å². The predicted octanol–water partition coefficient (Wildman–Crippen LogP) is 4.56. The van der Waals surface area contributed by atoms with E-state index >= 15 is 0 Å². The molecule has 0 atom stereocenters. The first-order chi connectivity index (χ1) is 15.7. The Morgan fingerprint density at radius 1 is 1.18 bits per heavy atom. The van der Waals surface area contributed by atoms with E-state index in [9.17, 15) is 13.2 Å². The Morgan fingerprint density at radius 2 is 1.79 bits per heavy atom. The van der Waals surface area contributed by atoms with Gasteiger partial charge in [-0.3, -0.25) is 10.2 Å². The van der Waals surface area contributed by atoms with Crippen molar-refractivity contribution in [3.05, 3.63) is 64.4 Å². The fraction of sp³-hybridized carbons (Fsp3) is 0.105. The van der Waals surface area contributed by atoms with Gasteiger partial charge in [-0.25, -0.2) is 18.1 Å². The Kier molecular flexibility index (Phi) is 10.4. The minimum absolute atomic E-state index is 0.0624. The second-order valence-electron chi connectivity index (χ2n) is 6.27. The molecule has 2 aromatic carbocycles. The standard InChI is InChI=1S/C19H18N6O3S3.ClH.Hg/c1-12-17(18(20)25(22-12)15-6-4-3-5-7-15)19(29)30-24-21-14-8-10-16(11-9-14)31(27,28)23-13(2)26;;/h3-11,20,29H,1-2H3,(H,23,26);1H;/q;;+2/p-2/b19-17-,20-18?,24-21?;;. The Morgan fingerprint density at radius 3 is 2.36 bits per heavy atom. The second kappa shape index (κ2) is 12.6. The van der Waals surface area contributed by atoms with Crippen LogP contribution in [0.3, 0.4) is 0 Å². The van der Waals surface area contributed by atoms with Gasteiger partial charge < -0.3 is 12.6 Å². The third-order valence-corrected chi connectivity index (χ3v) is 6.38. The third-order valence-electron chi connectivity index (χ3n) is 3.97. The first-order valence-electron chi connectivity index (χ1n) is 9.08. The van der Waals surface area contributed by atoms with Crippen LogP contribution in [-0.4, -0.2) is 25.9 Å². The third kappa shape index (κ3) is 7.31.